The van der Waals surface area contributed by atoms with Gasteiger partial charge in [-0.05, 0) is 54.8 Å². The fraction of sp³-hybridized carbons (Fsp3) is 0.577. The number of hydrogen-bond acceptors (Lipinski definition) is 6. The average Bonchev–Trinajstić information content (AvgIpc) is 3.61. The molecule has 2 aliphatic heterocycles. The fourth-order valence-electron chi connectivity index (χ4n) is 5.43. The SMILES string of the molecule is O=C(C1NNC2CCCCC21)N(Cc1cccc(OCCc2cccs2)c1)CC1CCCO1. The number of thiophene rings is 1. The quantitative estimate of drug-likeness (QED) is 0.583. The van der Waals surface area contributed by atoms with Crippen LogP contribution in [0.2, 0.25) is 0 Å². The number of ether oxygens (including phenoxy) is 2. The van der Waals surface area contributed by atoms with Gasteiger partial charge in [-0.15, -0.1) is 11.3 Å². The second kappa shape index (κ2) is 11.0. The van der Waals surface area contributed by atoms with E-state index in [-0.39, 0.29) is 18.1 Å². The molecule has 33 heavy (non-hydrogen) atoms. The number of hydrogen-bond donors (Lipinski definition) is 2. The summed E-state index contributed by atoms with van der Waals surface area (Å²) in [6.07, 6.45) is 7.87. The molecule has 3 fully saturated rings. The molecular formula is C26H35N3O3S. The molecule has 0 radical (unpaired) electrons. The number of carbonyl (C=O) groups is 1. The van der Waals surface area contributed by atoms with Crippen molar-refractivity contribution >= 4 is 17.2 Å². The summed E-state index contributed by atoms with van der Waals surface area (Å²) in [6, 6.07) is 12.7. The highest BCUT2D eigenvalue weighted by atomic mass is 32.1. The van der Waals surface area contributed by atoms with Crippen molar-refractivity contribution in [2.75, 3.05) is 19.8 Å². The molecule has 0 bridgehead atoms. The third kappa shape index (κ3) is 5.77. The van der Waals surface area contributed by atoms with Crippen molar-refractivity contribution in [1.29, 1.82) is 0 Å². The Bertz CT molecular complexity index is 900. The molecule has 3 aliphatic rings. The summed E-state index contributed by atoms with van der Waals surface area (Å²) in [5.74, 6) is 1.43. The van der Waals surface area contributed by atoms with Crippen LogP contribution in [-0.2, 0) is 22.5 Å². The first-order chi connectivity index (χ1) is 16.3. The number of amides is 1. The number of rotatable bonds is 9. The summed E-state index contributed by atoms with van der Waals surface area (Å²) in [6.45, 7) is 2.69. The molecule has 5 rings (SSSR count). The van der Waals surface area contributed by atoms with Gasteiger partial charge in [0.15, 0.2) is 0 Å². The van der Waals surface area contributed by atoms with E-state index in [4.69, 9.17) is 9.47 Å². The van der Waals surface area contributed by atoms with Crippen LogP contribution in [0.1, 0.15) is 49.0 Å². The third-order valence-electron chi connectivity index (χ3n) is 7.17. The molecule has 6 nitrogen and oxygen atoms in total. The fourth-order valence-corrected chi connectivity index (χ4v) is 6.12. The van der Waals surface area contributed by atoms with Gasteiger partial charge in [0.05, 0.1) is 12.7 Å². The molecular weight excluding hydrogens is 434 g/mol. The minimum absolute atomic E-state index is 0.135. The molecule has 4 atom stereocenters. The van der Waals surface area contributed by atoms with Crippen LogP contribution >= 0.6 is 11.3 Å². The topological polar surface area (TPSA) is 62.8 Å². The highest BCUT2D eigenvalue weighted by Crippen LogP contribution is 2.31. The second-order valence-corrected chi connectivity index (χ2v) is 10.5. The van der Waals surface area contributed by atoms with E-state index in [1.165, 1.54) is 17.7 Å². The lowest BCUT2D eigenvalue weighted by Crippen LogP contribution is -2.49. The van der Waals surface area contributed by atoms with Crippen LogP contribution in [0.15, 0.2) is 41.8 Å². The van der Waals surface area contributed by atoms with Gasteiger partial charge in [-0.1, -0.05) is 31.0 Å². The second-order valence-electron chi connectivity index (χ2n) is 9.50. The molecule has 178 valence electrons. The van der Waals surface area contributed by atoms with E-state index in [0.717, 1.165) is 50.0 Å². The number of carbonyl (C=O) groups excluding carboxylic acids is 1. The van der Waals surface area contributed by atoms with Gasteiger partial charge >= 0.3 is 0 Å². The minimum atomic E-state index is -0.151. The Morgan fingerprint density at radius 3 is 2.91 bits per heavy atom. The first kappa shape index (κ1) is 22.8. The summed E-state index contributed by atoms with van der Waals surface area (Å²) in [7, 11) is 0. The number of benzene rings is 1. The predicted octanol–water partition coefficient (Wildman–Crippen LogP) is 3.91. The first-order valence-electron chi connectivity index (χ1n) is 12.4. The van der Waals surface area contributed by atoms with Gasteiger partial charge in [-0.25, -0.2) is 5.43 Å². The molecule has 4 unspecified atom stereocenters. The number of hydrazine groups is 1. The standard InChI is InChI=1S/C26H35N3O3S/c30-26(25-23-10-1-2-11-24(23)27-28-25)29(18-21-8-4-13-31-21)17-19-6-3-7-20(16-19)32-14-12-22-9-5-15-33-22/h3,5-7,9,15-16,21,23-25,27-28H,1-2,4,8,10-14,17-18H2. The maximum Gasteiger partial charge on any atom is 0.241 e. The van der Waals surface area contributed by atoms with Gasteiger partial charge < -0.3 is 14.4 Å². The Morgan fingerprint density at radius 1 is 1.12 bits per heavy atom. The largest absolute Gasteiger partial charge is 0.493 e. The van der Waals surface area contributed by atoms with Crippen LogP contribution in [0.5, 0.6) is 5.75 Å². The van der Waals surface area contributed by atoms with E-state index in [9.17, 15) is 4.79 Å². The van der Waals surface area contributed by atoms with E-state index in [1.807, 2.05) is 17.0 Å². The van der Waals surface area contributed by atoms with Crippen molar-refractivity contribution in [2.24, 2.45) is 5.92 Å². The molecule has 7 heteroatoms. The zero-order valence-corrected chi connectivity index (χ0v) is 20.0. The maximum absolute atomic E-state index is 13.7. The Hall–Kier alpha value is -1.93. The molecule has 1 saturated carbocycles. The number of nitrogens with one attached hydrogen (secondary N) is 2. The van der Waals surface area contributed by atoms with Crippen LogP contribution in [0, 0.1) is 5.92 Å². The van der Waals surface area contributed by atoms with Crippen molar-refractivity contribution in [2.45, 2.75) is 69.7 Å². The Balaban J connectivity index is 1.25. The van der Waals surface area contributed by atoms with Crippen molar-refractivity contribution in [3.05, 3.63) is 52.2 Å². The van der Waals surface area contributed by atoms with Crippen LogP contribution in [0.25, 0.3) is 0 Å². The number of nitrogens with zero attached hydrogens (tertiary/aromatic N) is 1. The molecule has 2 aromatic rings. The van der Waals surface area contributed by atoms with Crippen LogP contribution in [0.4, 0.5) is 0 Å². The lowest BCUT2D eigenvalue weighted by molar-refractivity contribution is -0.136. The van der Waals surface area contributed by atoms with Gasteiger partial charge in [-0.3, -0.25) is 10.2 Å². The third-order valence-corrected chi connectivity index (χ3v) is 8.10. The van der Waals surface area contributed by atoms with Gasteiger partial charge in [0.2, 0.25) is 5.91 Å². The van der Waals surface area contributed by atoms with Crippen LogP contribution in [0.3, 0.4) is 0 Å². The van der Waals surface area contributed by atoms with E-state index in [1.54, 1.807) is 11.3 Å². The minimum Gasteiger partial charge on any atom is -0.493 e. The van der Waals surface area contributed by atoms with Crippen LogP contribution in [-0.4, -0.2) is 48.8 Å². The van der Waals surface area contributed by atoms with Crippen molar-refractivity contribution in [1.82, 2.24) is 15.8 Å². The van der Waals surface area contributed by atoms with Gasteiger partial charge in [0.25, 0.3) is 0 Å². The molecule has 1 aromatic carbocycles. The predicted molar refractivity (Wildman–Crippen MR) is 130 cm³/mol. The van der Waals surface area contributed by atoms with Crippen LogP contribution < -0.4 is 15.6 Å². The smallest absolute Gasteiger partial charge is 0.241 e. The molecule has 2 saturated heterocycles. The monoisotopic (exact) mass is 469 g/mol. The summed E-state index contributed by atoms with van der Waals surface area (Å²) in [5.41, 5.74) is 7.83. The summed E-state index contributed by atoms with van der Waals surface area (Å²) in [5, 5.41) is 2.10. The Morgan fingerprint density at radius 2 is 2.06 bits per heavy atom. The van der Waals surface area contributed by atoms with Gasteiger partial charge in [0, 0.05) is 43.0 Å². The highest BCUT2D eigenvalue weighted by Gasteiger charge is 2.43. The normalized spacial score (nSPS) is 26.8. The number of fused-ring (bicyclic) bond motifs is 1. The zero-order valence-electron chi connectivity index (χ0n) is 19.2. The maximum atomic E-state index is 13.7. The lowest BCUT2D eigenvalue weighted by atomic mass is 9.81. The molecule has 3 heterocycles. The van der Waals surface area contributed by atoms with Gasteiger partial charge in [-0.2, -0.15) is 0 Å². The van der Waals surface area contributed by atoms with Gasteiger partial charge in [0.1, 0.15) is 11.8 Å². The molecule has 2 N–H and O–H groups in total. The van der Waals surface area contributed by atoms with Crippen molar-refractivity contribution < 1.29 is 14.3 Å². The van der Waals surface area contributed by atoms with E-state index in [0.29, 0.717) is 31.7 Å². The van der Waals surface area contributed by atoms with Crippen molar-refractivity contribution in [3.8, 4) is 5.75 Å². The van der Waals surface area contributed by atoms with E-state index in [2.05, 4.69) is 40.5 Å². The first-order valence-corrected chi connectivity index (χ1v) is 13.3. The summed E-state index contributed by atoms with van der Waals surface area (Å²) >= 11 is 1.76. The molecule has 1 amide bonds. The summed E-state index contributed by atoms with van der Waals surface area (Å²) < 4.78 is 11.9. The summed E-state index contributed by atoms with van der Waals surface area (Å²) in [4.78, 5) is 17.1. The molecule has 0 spiro atoms. The van der Waals surface area contributed by atoms with E-state index < -0.39 is 0 Å². The average molecular weight is 470 g/mol. The Labute approximate surface area is 200 Å². The highest BCUT2D eigenvalue weighted by molar-refractivity contribution is 7.09. The van der Waals surface area contributed by atoms with E-state index >= 15 is 0 Å². The van der Waals surface area contributed by atoms with Crippen molar-refractivity contribution in [3.63, 3.8) is 0 Å². The zero-order chi connectivity index (χ0) is 22.5. The Kier molecular flexibility index (Phi) is 7.61. The molecule has 1 aromatic heterocycles. The lowest BCUT2D eigenvalue weighted by Gasteiger charge is -2.32. The molecule has 1 aliphatic carbocycles.